The van der Waals surface area contributed by atoms with Gasteiger partial charge in [0.25, 0.3) is 0 Å². The molecule has 0 aromatic carbocycles. The fourth-order valence-electron chi connectivity index (χ4n) is 2.50. The van der Waals surface area contributed by atoms with Gasteiger partial charge in [-0.1, -0.05) is 6.92 Å². The normalized spacial score (nSPS) is 13.8. The van der Waals surface area contributed by atoms with Crippen LogP contribution in [0.4, 0.5) is 5.82 Å². The van der Waals surface area contributed by atoms with E-state index in [-0.39, 0.29) is 0 Å². The van der Waals surface area contributed by atoms with Crippen LogP contribution in [0.5, 0.6) is 0 Å². The highest BCUT2D eigenvalue weighted by Crippen LogP contribution is 2.27. The van der Waals surface area contributed by atoms with Gasteiger partial charge in [0.05, 0.1) is 0 Å². The van der Waals surface area contributed by atoms with Gasteiger partial charge in [0, 0.05) is 30.2 Å². The highest BCUT2D eigenvalue weighted by molar-refractivity contribution is 5.54. The first-order valence-corrected chi connectivity index (χ1v) is 7.29. The summed E-state index contributed by atoms with van der Waals surface area (Å²) in [5, 5.41) is 3.43. The van der Waals surface area contributed by atoms with Gasteiger partial charge in [-0.3, -0.25) is 0 Å². The van der Waals surface area contributed by atoms with Crippen LogP contribution in [0, 0.1) is 0 Å². The molecule has 2 heterocycles. The van der Waals surface area contributed by atoms with E-state index in [1.54, 1.807) is 18.5 Å². The summed E-state index contributed by atoms with van der Waals surface area (Å²) in [7, 11) is 0. The third kappa shape index (κ3) is 2.61. The van der Waals surface area contributed by atoms with E-state index in [9.17, 15) is 0 Å². The first-order chi connectivity index (χ1) is 9.88. The maximum absolute atomic E-state index is 4.68. The minimum atomic E-state index is 0.598. The molecule has 0 atom stereocenters. The van der Waals surface area contributed by atoms with Gasteiger partial charge < -0.3 is 5.32 Å². The number of aromatic nitrogens is 4. The van der Waals surface area contributed by atoms with Gasteiger partial charge in [0.2, 0.25) is 0 Å². The van der Waals surface area contributed by atoms with Crippen LogP contribution >= 0.6 is 0 Å². The lowest BCUT2D eigenvalue weighted by atomic mass is 9.96. The topological polar surface area (TPSA) is 63.6 Å². The van der Waals surface area contributed by atoms with Gasteiger partial charge in [-0.05, 0) is 38.2 Å². The Morgan fingerprint density at radius 2 is 1.85 bits per heavy atom. The third-order valence-electron chi connectivity index (χ3n) is 3.49. The number of fused-ring (bicyclic) bond motifs is 1. The summed E-state index contributed by atoms with van der Waals surface area (Å²) in [6.45, 7) is 3.08. The number of hydrogen-bond acceptors (Lipinski definition) is 5. The second-order valence-electron chi connectivity index (χ2n) is 5.03. The van der Waals surface area contributed by atoms with Crippen molar-refractivity contribution in [3.05, 3.63) is 29.7 Å². The molecule has 0 saturated heterocycles. The van der Waals surface area contributed by atoms with Crippen molar-refractivity contribution in [2.24, 2.45) is 0 Å². The van der Waals surface area contributed by atoms with Crippen molar-refractivity contribution in [3.63, 3.8) is 0 Å². The molecule has 0 radical (unpaired) electrons. The molecule has 5 heteroatoms. The third-order valence-corrected chi connectivity index (χ3v) is 3.49. The van der Waals surface area contributed by atoms with E-state index in [1.165, 1.54) is 18.4 Å². The van der Waals surface area contributed by atoms with Crippen LogP contribution in [0.1, 0.15) is 37.4 Å². The monoisotopic (exact) mass is 269 g/mol. The fraction of sp³-hybridized carbons (Fsp3) is 0.467. The molecule has 20 heavy (non-hydrogen) atoms. The zero-order chi connectivity index (χ0) is 13.8. The largest absolute Gasteiger partial charge is 0.370 e. The Hall–Kier alpha value is -2.04. The maximum Gasteiger partial charge on any atom is 0.199 e. The number of rotatable bonds is 4. The minimum Gasteiger partial charge on any atom is -0.370 e. The highest BCUT2D eigenvalue weighted by atomic mass is 15.1. The second kappa shape index (κ2) is 5.94. The Balaban J connectivity index is 2.03. The summed E-state index contributed by atoms with van der Waals surface area (Å²) in [5.41, 5.74) is 2.44. The van der Waals surface area contributed by atoms with E-state index in [0.29, 0.717) is 11.6 Å². The number of aryl methyl sites for hydroxylation is 1. The molecule has 0 unspecified atom stereocenters. The minimum absolute atomic E-state index is 0.598. The molecular weight excluding hydrogens is 250 g/mol. The van der Waals surface area contributed by atoms with Gasteiger partial charge in [-0.2, -0.15) is 0 Å². The lowest BCUT2D eigenvalue weighted by molar-refractivity contribution is 0.663. The number of nitrogens with one attached hydrogen (secondary N) is 1. The first-order valence-electron chi connectivity index (χ1n) is 7.29. The smallest absolute Gasteiger partial charge is 0.199 e. The Kier molecular flexibility index (Phi) is 3.85. The van der Waals surface area contributed by atoms with Crippen LogP contribution in [0.25, 0.3) is 11.6 Å². The quantitative estimate of drug-likeness (QED) is 0.924. The molecule has 0 saturated carbocycles. The molecule has 0 aliphatic heterocycles. The van der Waals surface area contributed by atoms with E-state index in [0.717, 1.165) is 37.3 Å². The maximum atomic E-state index is 4.68. The van der Waals surface area contributed by atoms with Crippen molar-refractivity contribution in [2.75, 3.05) is 11.9 Å². The Morgan fingerprint density at radius 3 is 2.65 bits per heavy atom. The van der Waals surface area contributed by atoms with Gasteiger partial charge in [-0.25, -0.2) is 19.9 Å². The molecule has 5 nitrogen and oxygen atoms in total. The second-order valence-corrected chi connectivity index (χ2v) is 5.03. The van der Waals surface area contributed by atoms with E-state index in [4.69, 9.17) is 0 Å². The zero-order valence-electron chi connectivity index (χ0n) is 11.8. The molecule has 1 aliphatic carbocycles. The average molecular weight is 269 g/mol. The van der Waals surface area contributed by atoms with Crippen molar-refractivity contribution >= 4 is 5.82 Å². The van der Waals surface area contributed by atoms with E-state index < -0.39 is 0 Å². The molecule has 3 rings (SSSR count). The first kappa shape index (κ1) is 13.0. The van der Waals surface area contributed by atoms with Crippen molar-refractivity contribution < 1.29 is 0 Å². The summed E-state index contributed by atoms with van der Waals surface area (Å²) < 4.78 is 0. The predicted octanol–water partition coefficient (Wildman–Crippen LogP) is 2.63. The molecule has 0 spiro atoms. The SMILES string of the molecule is CCCNc1nc(-c2ncccn2)nc2c1CCCC2. The van der Waals surface area contributed by atoms with Crippen LogP contribution in [-0.2, 0) is 12.8 Å². The number of anilines is 1. The molecule has 0 fully saturated rings. The Morgan fingerprint density at radius 1 is 1.05 bits per heavy atom. The van der Waals surface area contributed by atoms with Gasteiger partial charge in [-0.15, -0.1) is 0 Å². The summed E-state index contributed by atoms with van der Waals surface area (Å²) in [5.74, 6) is 2.20. The Bertz CT molecular complexity index is 582. The summed E-state index contributed by atoms with van der Waals surface area (Å²) in [6.07, 6.45) is 9.05. The van der Waals surface area contributed by atoms with Gasteiger partial charge in [0.1, 0.15) is 5.82 Å². The zero-order valence-corrected chi connectivity index (χ0v) is 11.8. The van der Waals surface area contributed by atoms with Gasteiger partial charge in [0.15, 0.2) is 11.6 Å². The Labute approximate surface area is 118 Å². The molecule has 0 amide bonds. The van der Waals surface area contributed by atoms with E-state index >= 15 is 0 Å². The summed E-state index contributed by atoms with van der Waals surface area (Å²) in [4.78, 5) is 17.8. The molecule has 0 bridgehead atoms. The molecule has 104 valence electrons. The summed E-state index contributed by atoms with van der Waals surface area (Å²) >= 11 is 0. The lowest BCUT2D eigenvalue weighted by Crippen LogP contribution is -2.14. The molecule has 2 aromatic heterocycles. The molecular formula is C15H19N5. The molecule has 1 aliphatic rings. The number of nitrogens with zero attached hydrogens (tertiary/aromatic N) is 4. The fourth-order valence-corrected chi connectivity index (χ4v) is 2.50. The lowest BCUT2D eigenvalue weighted by Gasteiger charge is -2.19. The van der Waals surface area contributed by atoms with Crippen LogP contribution in [0.2, 0.25) is 0 Å². The summed E-state index contributed by atoms with van der Waals surface area (Å²) in [6, 6.07) is 1.80. The highest BCUT2D eigenvalue weighted by Gasteiger charge is 2.18. The molecule has 1 N–H and O–H groups in total. The van der Waals surface area contributed by atoms with Gasteiger partial charge >= 0.3 is 0 Å². The predicted molar refractivity (Wildman–Crippen MR) is 78.5 cm³/mol. The van der Waals surface area contributed by atoms with E-state index in [2.05, 4.69) is 32.2 Å². The average Bonchev–Trinajstić information content (AvgIpc) is 2.53. The van der Waals surface area contributed by atoms with Crippen molar-refractivity contribution in [1.29, 1.82) is 0 Å². The standard InChI is InChI=1S/C15H19N5/c1-2-8-16-13-11-6-3-4-7-12(11)19-15(20-13)14-17-9-5-10-18-14/h5,9-10H,2-4,6-8H2,1H3,(H,16,19,20). The number of hydrogen-bond donors (Lipinski definition) is 1. The van der Waals surface area contributed by atoms with Crippen LogP contribution in [-0.4, -0.2) is 26.5 Å². The van der Waals surface area contributed by atoms with Crippen LogP contribution < -0.4 is 5.32 Å². The molecule has 2 aromatic rings. The van der Waals surface area contributed by atoms with Crippen molar-refractivity contribution in [2.45, 2.75) is 39.0 Å². The van der Waals surface area contributed by atoms with Crippen molar-refractivity contribution in [1.82, 2.24) is 19.9 Å². The van der Waals surface area contributed by atoms with Crippen molar-refractivity contribution in [3.8, 4) is 11.6 Å². The van der Waals surface area contributed by atoms with Crippen LogP contribution in [0.3, 0.4) is 0 Å². The van der Waals surface area contributed by atoms with E-state index in [1.807, 2.05) is 0 Å². The van der Waals surface area contributed by atoms with Crippen LogP contribution in [0.15, 0.2) is 18.5 Å².